The first-order chi connectivity index (χ1) is 8.39. The third-order valence-electron chi connectivity index (χ3n) is 3.10. The van der Waals surface area contributed by atoms with Crippen LogP contribution in [0.4, 0.5) is 4.39 Å². The molecule has 1 atom stereocenters. The Morgan fingerprint density at radius 1 is 1.39 bits per heavy atom. The number of nitrogens with one attached hydrogen (secondary N) is 1. The molecule has 1 saturated heterocycles. The van der Waals surface area contributed by atoms with E-state index >= 15 is 0 Å². The minimum atomic E-state index is -3.55. The zero-order valence-electron chi connectivity index (χ0n) is 10.0. The van der Waals surface area contributed by atoms with E-state index in [4.69, 9.17) is 0 Å². The Labute approximate surface area is 115 Å². The van der Waals surface area contributed by atoms with Crippen LogP contribution in [-0.4, -0.2) is 21.2 Å². The molecule has 100 valence electrons. The van der Waals surface area contributed by atoms with E-state index < -0.39 is 15.7 Å². The molecule has 1 N–H and O–H groups in total. The van der Waals surface area contributed by atoms with Crippen LogP contribution in [0.3, 0.4) is 0 Å². The fourth-order valence-electron chi connectivity index (χ4n) is 2.27. The monoisotopic (exact) mass is 335 g/mol. The molecule has 0 aromatic heterocycles. The van der Waals surface area contributed by atoms with Crippen molar-refractivity contribution in [1.82, 2.24) is 5.32 Å². The molecule has 0 spiro atoms. The Morgan fingerprint density at radius 2 is 2.11 bits per heavy atom. The van der Waals surface area contributed by atoms with E-state index in [-0.39, 0.29) is 10.9 Å². The van der Waals surface area contributed by atoms with E-state index in [1.165, 1.54) is 6.07 Å². The van der Waals surface area contributed by atoms with Crippen molar-refractivity contribution in [2.75, 3.05) is 12.8 Å². The van der Waals surface area contributed by atoms with Crippen LogP contribution in [0.5, 0.6) is 0 Å². The zero-order chi connectivity index (χ0) is 13.3. The lowest BCUT2D eigenvalue weighted by Crippen LogP contribution is -2.27. The van der Waals surface area contributed by atoms with Crippen LogP contribution in [0.1, 0.15) is 30.9 Å². The predicted molar refractivity (Wildman–Crippen MR) is 71.8 cm³/mol. The highest BCUT2D eigenvalue weighted by molar-refractivity contribution is 9.10. The molecular formula is C12H15BrFNO2S. The molecule has 1 aliphatic heterocycles. The van der Waals surface area contributed by atoms with Gasteiger partial charge in [-0.2, -0.15) is 0 Å². The number of rotatable bonds is 2. The molecule has 0 bridgehead atoms. The summed E-state index contributed by atoms with van der Waals surface area (Å²) in [5.74, 6) is -0.686. The summed E-state index contributed by atoms with van der Waals surface area (Å²) in [6.07, 6.45) is 4.19. The first-order valence-electron chi connectivity index (χ1n) is 5.82. The van der Waals surface area contributed by atoms with Crippen LogP contribution in [0.15, 0.2) is 21.5 Å². The second-order valence-electron chi connectivity index (χ2n) is 4.59. The van der Waals surface area contributed by atoms with Gasteiger partial charge in [-0.1, -0.05) is 6.42 Å². The third-order valence-corrected chi connectivity index (χ3v) is 5.15. The second kappa shape index (κ2) is 5.27. The van der Waals surface area contributed by atoms with Crippen LogP contribution >= 0.6 is 15.9 Å². The SMILES string of the molecule is CS(=O)(=O)c1c(F)cc(C2CCCCN2)cc1Br. The van der Waals surface area contributed by atoms with Crippen LogP contribution in [0.25, 0.3) is 0 Å². The Morgan fingerprint density at radius 3 is 2.61 bits per heavy atom. The molecule has 1 fully saturated rings. The van der Waals surface area contributed by atoms with Crippen molar-refractivity contribution in [1.29, 1.82) is 0 Å². The minimum absolute atomic E-state index is 0.109. The van der Waals surface area contributed by atoms with Crippen molar-refractivity contribution >= 4 is 25.8 Å². The third kappa shape index (κ3) is 2.92. The molecule has 0 aliphatic carbocycles. The van der Waals surface area contributed by atoms with E-state index in [1.54, 1.807) is 6.07 Å². The maximum Gasteiger partial charge on any atom is 0.179 e. The predicted octanol–water partition coefficient (Wildman–Crippen LogP) is 2.81. The van der Waals surface area contributed by atoms with Gasteiger partial charge in [-0.15, -0.1) is 0 Å². The summed E-state index contributed by atoms with van der Waals surface area (Å²) in [6.45, 7) is 0.914. The van der Waals surface area contributed by atoms with Gasteiger partial charge in [0.15, 0.2) is 9.84 Å². The standard InChI is InChI=1S/C12H15BrFNO2S/c1-18(16,17)12-9(13)6-8(7-10(12)14)11-4-2-3-5-15-11/h6-7,11,15H,2-5H2,1H3. The van der Waals surface area contributed by atoms with Crippen LogP contribution in [-0.2, 0) is 9.84 Å². The lowest BCUT2D eigenvalue weighted by atomic mass is 9.97. The summed E-state index contributed by atoms with van der Waals surface area (Å²) in [5.41, 5.74) is 0.798. The molecule has 1 aromatic carbocycles. The summed E-state index contributed by atoms with van der Waals surface area (Å²) < 4.78 is 37.2. The number of benzene rings is 1. The Bertz CT molecular complexity index is 530. The molecular weight excluding hydrogens is 321 g/mol. The molecule has 1 heterocycles. The fourth-order valence-corrected chi connectivity index (χ4v) is 4.43. The maximum absolute atomic E-state index is 13.9. The van der Waals surface area contributed by atoms with Gasteiger partial charge in [-0.05, 0) is 53.0 Å². The number of hydrogen-bond donors (Lipinski definition) is 1. The highest BCUT2D eigenvalue weighted by atomic mass is 79.9. The summed E-state index contributed by atoms with van der Waals surface area (Å²) in [4.78, 5) is -0.262. The highest BCUT2D eigenvalue weighted by Gasteiger charge is 2.22. The molecule has 1 aliphatic rings. The van der Waals surface area contributed by atoms with Gasteiger partial charge in [0.2, 0.25) is 0 Å². The van der Waals surface area contributed by atoms with Gasteiger partial charge in [0.25, 0.3) is 0 Å². The van der Waals surface area contributed by atoms with Crippen molar-refractivity contribution in [3.05, 3.63) is 28.0 Å². The second-order valence-corrected chi connectivity index (χ2v) is 7.40. The maximum atomic E-state index is 13.9. The number of piperidine rings is 1. The summed E-state index contributed by atoms with van der Waals surface area (Å²) >= 11 is 3.15. The van der Waals surface area contributed by atoms with Crippen LogP contribution in [0, 0.1) is 5.82 Å². The van der Waals surface area contributed by atoms with Gasteiger partial charge >= 0.3 is 0 Å². The topological polar surface area (TPSA) is 46.2 Å². The van der Waals surface area contributed by atoms with Crippen molar-refractivity contribution in [3.8, 4) is 0 Å². The first-order valence-corrected chi connectivity index (χ1v) is 8.50. The molecule has 6 heteroatoms. The van der Waals surface area contributed by atoms with E-state index in [2.05, 4.69) is 21.2 Å². The molecule has 2 rings (SSSR count). The molecule has 0 saturated carbocycles. The first kappa shape index (κ1) is 14.0. The van der Waals surface area contributed by atoms with Crippen LogP contribution < -0.4 is 5.32 Å². The van der Waals surface area contributed by atoms with Gasteiger partial charge in [-0.25, -0.2) is 12.8 Å². The summed E-state index contributed by atoms with van der Waals surface area (Å²) in [7, 11) is -3.55. The fraction of sp³-hybridized carbons (Fsp3) is 0.500. The van der Waals surface area contributed by atoms with Crippen molar-refractivity contribution in [2.24, 2.45) is 0 Å². The zero-order valence-corrected chi connectivity index (χ0v) is 12.4. The molecule has 3 nitrogen and oxygen atoms in total. The smallest absolute Gasteiger partial charge is 0.179 e. The number of sulfone groups is 1. The van der Waals surface area contributed by atoms with Gasteiger partial charge in [0, 0.05) is 16.8 Å². The number of hydrogen-bond acceptors (Lipinski definition) is 3. The van der Waals surface area contributed by atoms with Gasteiger partial charge < -0.3 is 5.32 Å². The van der Waals surface area contributed by atoms with Gasteiger partial charge in [0.05, 0.1) is 0 Å². The largest absolute Gasteiger partial charge is 0.310 e. The lowest BCUT2D eigenvalue weighted by Gasteiger charge is -2.24. The lowest BCUT2D eigenvalue weighted by molar-refractivity contribution is 0.410. The minimum Gasteiger partial charge on any atom is -0.310 e. The number of halogens is 2. The summed E-state index contributed by atoms with van der Waals surface area (Å²) in [5, 5.41) is 3.31. The van der Waals surface area contributed by atoms with Crippen molar-refractivity contribution in [2.45, 2.75) is 30.2 Å². The van der Waals surface area contributed by atoms with Crippen molar-refractivity contribution < 1.29 is 12.8 Å². The highest BCUT2D eigenvalue weighted by Crippen LogP contribution is 2.31. The van der Waals surface area contributed by atoms with E-state index in [0.29, 0.717) is 4.47 Å². The van der Waals surface area contributed by atoms with Gasteiger partial charge in [-0.3, -0.25) is 0 Å². The normalized spacial score (nSPS) is 20.9. The molecule has 1 unspecified atom stereocenters. The molecule has 0 amide bonds. The van der Waals surface area contributed by atoms with E-state index in [1.807, 2.05) is 0 Å². The molecule has 0 radical (unpaired) electrons. The average molecular weight is 336 g/mol. The Hall–Kier alpha value is -0.460. The van der Waals surface area contributed by atoms with E-state index in [9.17, 15) is 12.8 Å². The van der Waals surface area contributed by atoms with E-state index in [0.717, 1.165) is 37.6 Å². The quantitative estimate of drug-likeness (QED) is 0.903. The Balaban J connectivity index is 2.42. The Kier molecular flexibility index (Phi) is 4.08. The van der Waals surface area contributed by atoms with Crippen LogP contribution in [0.2, 0.25) is 0 Å². The van der Waals surface area contributed by atoms with Crippen molar-refractivity contribution in [3.63, 3.8) is 0 Å². The molecule has 18 heavy (non-hydrogen) atoms. The average Bonchev–Trinajstić information content (AvgIpc) is 2.27. The van der Waals surface area contributed by atoms with Gasteiger partial charge in [0.1, 0.15) is 10.7 Å². The molecule has 1 aromatic rings. The summed E-state index contributed by atoms with van der Waals surface area (Å²) in [6, 6.07) is 3.13.